The van der Waals surface area contributed by atoms with Crippen molar-refractivity contribution in [2.45, 2.75) is 12.5 Å². The number of rotatable bonds is 6. The lowest BCUT2D eigenvalue weighted by Crippen LogP contribution is -2.42. The normalized spacial score (nSPS) is 18.3. The molecule has 4 N–H and O–H groups in total. The van der Waals surface area contributed by atoms with Crippen LogP contribution in [0.1, 0.15) is 22.8 Å². The SMILES string of the molecule is COc1ccc([C@]2(C)NC(=O)N(CC(=O)Nc3ccc(C(N)=O)cc3)C2=O)cc1. The summed E-state index contributed by atoms with van der Waals surface area (Å²) in [6, 6.07) is 12.0. The molecule has 1 heterocycles. The summed E-state index contributed by atoms with van der Waals surface area (Å²) in [7, 11) is 1.53. The number of anilines is 1. The molecule has 2 aromatic rings. The minimum absolute atomic E-state index is 0.298. The van der Waals surface area contributed by atoms with Crippen molar-refractivity contribution in [2.75, 3.05) is 19.0 Å². The number of urea groups is 1. The molecule has 1 atom stereocenters. The molecule has 0 saturated carbocycles. The third kappa shape index (κ3) is 3.88. The van der Waals surface area contributed by atoms with Crippen LogP contribution < -0.4 is 21.1 Å². The molecule has 5 amide bonds. The number of carbonyl (C=O) groups excluding carboxylic acids is 4. The predicted octanol–water partition coefficient (Wildman–Crippen LogP) is 1.20. The molecule has 3 rings (SSSR count). The fourth-order valence-corrected chi connectivity index (χ4v) is 3.02. The third-order valence-corrected chi connectivity index (χ3v) is 4.70. The Balaban J connectivity index is 1.70. The lowest BCUT2D eigenvalue weighted by atomic mass is 9.92. The van der Waals surface area contributed by atoms with Gasteiger partial charge >= 0.3 is 6.03 Å². The second kappa shape index (κ2) is 7.63. The van der Waals surface area contributed by atoms with Crippen molar-refractivity contribution < 1.29 is 23.9 Å². The van der Waals surface area contributed by atoms with Gasteiger partial charge < -0.3 is 21.1 Å². The van der Waals surface area contributed by atoms with Crippen LogP contribution in [0.3, 0.4) is 0 Å². The van der Waals surface area contributed by atoms with Crippen LogP contribution in [0, 0.1) is 0 Å². The highest BCUT2D eigenvalue weighted by molar-refractivity contribution is 6.10. The number of benzene rings is 2. The Labute approximate surface area is 166 Å². The first-order chi connectivity index (χ1) is 13.7. The van der Waals surface area contributed by atoms with Crippen LogP contribution in [0.4, 0.5) is 10.5 Å². The summed E-state index contributed by atoms with van der Waals surface area (Å²) >= 11 is 0. The minimum atomic E-state index is -1.28. The van der Waals surface area contributed by atoms with Gasteiger partial charge in [-0.25, -0.2) is 4.79 Å². The van der Waals surface area contributed by atoms with E-state index >= 15 is 0 Å². The maximum absolute atomic E-state index is 12.9. The molecule has 0 aliphatic carbocycles. The Morgan fingerprint density at radius 2 is 1.72 bits per heavy atom. The number of imide groups is 1. The van der Waals surface area contributed by atoms with E-state index in [1.807, 2.05) is 0 Å². The zero-order valence-corrected chi connectivity index (χ0v) is 15.9. The monoisotopic (exact) mass is 396 g/mol. The number of primary amides is 1. The summed E-state index contributed by atoms with van der Waals surface area (Å²) in [5.41, 5.74) is 5.16. The average Bonchev–Trinajstić information content (AvgIpc) is 2.92. The number of ether oxygens (including phenoxy) is 1. The van der Waals surface area contributed by atoms with E-state index in [1.165, 1.54) is 31.4 Å². The maximum Gasteiger partial charge on any atom is 0.325 e. The van der Waals surface area contributed by atoms with Gasteiger partial charge in [0.2, 0.25) is 11.8 Å². The molecule has 1 aliphatic heterocycles. The van der Waals surface area contributed by atoms with Gasteiger partial charge in [-0.05, 0) is 48.9 Å². The van der Waals surface area contributed by atoms with Gasteiger partial charge in [0, 0.05) is 11.3 Å². The van der Waals surface area contributed by atoms with E-state index in [9.17, 15) is 19.2 Å². The number of nitrogens with two attached hydrogens (primary N) is 1. The summed E-state index contributed by atoms with van der Waals surface area (Å²) in [5.74, 6) is -1.06. The largest absolute Gasteiger partial charge is 0.497 e. The van der Waals surface area contributed by atoms with Crippen molar-refractivity contribution in [2.24, 2.45) is 5.73 Å². The van der Waals surface area contributed by atoms with Gasteiger partial charge in [-0.15, -0.1) is 0 Å². The number of nitrogens with zero attached hydrogens (tertiary/aromatic N) is 1. The Bertz CT molecular complexity index is 971. The highest BCUT2D eigenvalue weighted by atomic mass is 16.5. The average molecular weight is 396 g/mol. The van der Waals surface area contributed by atoms with Crippen molar-refractivity contribution in [1.29, 1.82) is 0 Å². The first-order valence-corrected chi connectivity index (χ1v) is 8.73. The molecule has 9 nitrogen and oxygen atoms in total. The Morgan fingerprint density at radius 3 is 2.28 bits per heavy atom. The molecule has 1 saturated heterocycles. The van der Waals surface area contributed by atoms with E-state index in [0.717, 1.165) is 4.90 Å². The van der Waals surface area contributed by atoms with E-state index < -0.39 is 35.8 Å². The fourth-order valence-electron chi connectivity index (χ4n) is 3.02. The highest BCUT2D eigenvalue weighted by Crippen LogP contribution is 2.30. The van der Waals surface area contributed by atoms with Gasteiger partial charge in [0.15, 0.2) is 0 Å². The number of methoxy groups -OCH3 is 1. The van der Waals surface area contributed by atoms with Crippen molar-refractivity contribution in [3.05, 3.63) is 59.7 Å². The summed E-state index contributed by atoms with van der Waals surface area (Å²) in [6.07, 6.45) is 0. The van der Waals surface area contributed by atoms with Crippen LogP contribution in [-0.4, -0.2) is 42.3 Å². The quantitative estimate of drug-likeness (QED) is 0.632. The Hall–Kier alpha value is -3.88. The molecule has 2 aromatic carbocycles. The first-order valence-electron chi connectivity index (χ1n) is 8.73. The summed E-state index contributed by atoms with van der Waals surface area (Å²) in [4.78, 5) is 49.5. The lowest BCUT2D eigenvalue weighted by molar-refractivity contribution is -0.133. The van der Waals surface area contributed by atoms with Gasteiger partial charge in [0.05, 0.1) is 7.11 Å². The van der Waals surface area contributed by atoms with E-state index in [0.29, 0.717) is 22.6 Å². The van der Waals surface area contributed by atoms with Crippen molar-refractivity contribution in [1.82, 2.24) is 10.2 Å². The molecule has 0 unspecified atom stereocenters. The van der Waals surface area contributed by atoms with Crippen LogP contribution in [0.2, 0.25) is 0 Å². The predicted molar refractivity (Wildman–Crippen MR) is 104 cm³/mol. The first kappa shape index (κ1) is 19.9. The molecule has 1 fully saturated rings. The number of carbonyl (C=O) groups is 4. The third-order valence-electron chi connectivity index (χ3n) is 4.70. The molecule has 9 heteroatoms. The summed E-state index contributed by atoms with van der Waals surface area (Å²) in [5, 5.41) is 5.22. The fraction of sp³-hybridized carbons (Fsp3) is 0.200. The highest BCUT2D eigenvalue weighted by Gasteiger charge is 2.49. The minimum Gasteiger partial charge on any atom is -0.497 e. The van der Waals surface area contributed by atoms with E-state index in [4.69, 9.17) is 10.5 Å². The van der Waals surface area contributed by atoms with E-state index in [1.54, 1.807) is 31.2 Å². The number of hydrogen-bond donors (Lipinski definition) is 3. The number of nitrogens with one attached hydrogen (secondary N) is 2. The standard InChI is InChI=1S/C20H20N4O5/c1-20(13-5-9-15(29-2)10-6-13)18(27)24(19(28)23-20)11-16(25)22-14-7-3-12(4-8-14)17(21)26/h3-10H,11H2,1-2H3,(H2,21,26)(H,22,25)(H,23,28)/t20-/m0/s1. The molecule has 0 bridgehead atoms. The topological polar surface area (TPSA) is 131 Å². The smallest absolute Gasteiger partial charge is 0.325 e. The van der Waals surface area contributed by atoms with Crippen molar-refractivity contribution in [3.8, 4) is 5.75 Å². The van der Waals surface area contributed by atoms with Gasteiger partial charge in [-0.3, -0.25) is 19.3 Å². The molecule has 29 heavy (non-hydrogen) atoms. The van der Waals surface area contributed by atoms with Crippen molar-refractivity contribution >= 4 is 29.4 Å². The van der Waals surface area contributed by atoms with Crippen LogP contribution >= 0.6 is 0 Å². The summed E-state index contributed by atoms with van der Waals surface area (Å²) < 4.78 is 5.10. The summed E-state index contributed by atoms with van der Waals surface area (Å²) in [6.45, 7) is 1.13. The van der Waals surface area contributed by atoms with Gasteiger partial charge in [0.25, 0.3) is 5.91 Å². The Morgan fingerprint density at radius 1 is 1.10 bits per heavy atom. The van der Waals surface area contributed by atoms with Crippen LogP contribution in [0.15, 0.2) is 48.5 Å². The van der Waals surface area contributed by atoms with Crippen LogP contribution in [0.5, 0.6) is 5.75 Å². The molecular formula is C20H20N4O5. The van der Waals surface area contributed by atoms with Gasteiger partial charge in [0.1, 0.15) is 17.8 Å². The molecular weight excluding hydrogens is 376 g/mol. The maximum atomic E-state index is 12.9. The van der Waals surface area contributed by atoms with Crippen LogP contribution in [-0.2, 0) is 15.1 Å². The van der Waals surface area contributed by atoms with Crippen molar-refractivity contribution in [3.63, 3.8) is 0 Å². The molecule has 0 spiro atoms. The lowest BCUT2D eigenvalue weighted by Gasteiger charge is -2.22. The molecule has 0 aromatic heterocycles. The second-order valence-corrected chi connectivity index (χ2v) is 6.66. The van der Waals surface area contributed by atoms with Crippen LogP contribution in [0.25, 0.3) is 0 Å². The molecule has 0 radical (unpaired) electrons. The Kier molecular flexibility index (Phi) is 5.22. The van der Waals surface area contributed by atoms with Gasteiger partial charge in [-0.2, -0.15) is 0 Å². The number of hydrogen-bond acceptors (Lipinski definition) is 5. The number of amides is 5. The molecule has 150 valence electrons. The second-order valence-electron chi connectivity index (χ2n) is 6.66. The molecule has 1 aliphatic rings. The zero-order chi connectivity index (χ0) is 21.2. The van der Waals surface area contributed by atoms with Gasteiger partial charge in [-0.1, -0.05) is 12.1 Å². The zero-order valence-electron chi connectivity index (χ0n) is 15.9. The van der Waals surface area contributed by atoms with E-state index in [2.05, 4.69) is 10.6 Å². The van der Waals surface area contributed by atoms with E-state index in [-0.39, 0.29) is 0 Å².